The van der Waals surface area contributed by atoms with Crippen LogP contribution < -0.4 is 21.7 Å². The van der Waals surface area contributed by atoms with Gasteiger partial charge in [-0.2, -0.15) is 0 Å². The van der Waals surface area contributed by atoms with Gasteiger partial charge in [0.1, 0.15) is 0 Å². The van der Waals surface area contributed by atoms with Crippen LogP contribution in [0.25, 0.3) is 0 Å². The normalized spacial score (nSPS) is 13.8. The Balaban J connectivity index is 2.36. The lowest BCUT2D eigenvalue weighted by molar-refractivity contribution is -0.117. The third-order valence-corrected chi connectivity index (χ3v) is 3.42. The molecule has 1 aliphatic rings. The summed E-state index contributed by atoms with van der Waals surface area (Å²) in [5.74, 6) is -0.00798. The van der Waals surface area contributed by atoms with Crippen molar-refractivity contribution in [2.75, 3.05) is 29.0 Å². The van der Waals surface area contributed by atoms with Gasteiger partial charge in [0, 0.05) is 18.7 Å². The molecule has 0 atom stereocenters. The van der Waals surface area contributed by atoms with Crippen molar-refractivity contribution in [3.8, 4) is 0 Å². The van der Waals surface area contributed by atoms with Crippen molar-refractivity contribution in [1.82, 2.24) is 0 Å². The SMILES string of the molecule is CC(C)CN(CC(N)=O)c1cc2c(cc1N)NC(=O)CC2. The van der Waals surface area contributed by atoms with Crippen molar-refractivity contribution in [3.63, 3.8) is 0 Å². The molecule has 0 aromatic heterocycles. The second kappa shape index (κ2) is 6.03. The van der Waals surface area contributed by atoms with Gasteiger partial charge in [0.25, 0.3) is 0 Å². The van der Waals surface area contributed by atoms with E-state index in [2.05, 4.69) is 19.2 Å². The van der Waals surface area contributed by atoms with Crippen LogP contribution in [-0.4, -0.2) is 24.9 Å². The van der Waals surface area contributed by atoms with E-state index in [9.17, 15) is 9.59 Å². The predicted molar refractivity (Wildman–Crippen MR) is 84.1 cm³/mol. The van der Waals surface area contributed by atoms with Crippen LogP contribution in [-0.2, 0) is 16.0 Å². The molecule has 0 unspecified atom stereocenters. The third-order valence-electron chi connectivity index (χ3n) is 3.42. The van der Waals surface area contributed by atoms with Gasteiger partial charge in [-0.25, -0.2) is 0 Å². The van der Waals surface area contributed by atoms with Gasteiger partial charge in [-0.1, -0.05) is 13.8 Å². The predicted octanol–water partition coefficient (Wildman–Crippen LogP) is 1.10. The summed E-state index contributed by atoms with van der Waals surface area (Å²) in [4.78, 5) is 24.6. The lowest BCUT2D eigenvalue weighted by atomic mass is 10.0. The number of nitrogens with two attached hydrogens (primary N) is 2. The fourth-order valence-electron chi connectivity index (χ4n) is 2.58. The largest absolute Gasteiger partial charge is 0.397 e. The molecule has 1 heterocycles. The number of nitrogen functional groups attached to an aromatic ring is 1. The van der Waals surface area contributed by atoms with Gasteiger partial charge >= 0.3 is 0 Å². The van der Waals surface area contributed by atoms with E-state index in [1.54, 1.807) is 6.07 Å². The number of carbonyl (C=O) groups is 2. The van der Waals surface area contributed by atoms with Gasteiger partial charge < -0.3 is 21.7 Å². The molecule has 21 heavy (non-hydrogen) atoms. The molecule has 2 rings (SSSR count). The fourth-order valence-corrected chi connectivity index (χ4v) is 2.58. The first-order valence-corrected chi connectivity index (χ1v) is 7.12. The van der Waals surface area contributed by atoms with Gasteiger partial charge in [0.05, 0.1) is 17.9 Å². The zero-order valence-electron chi connectivity index (χ0n) is 12.5. The number of nitrogens with one attached hydrogen (secondary N) is 1. The quantitative estimate of drug-likeness (QED) is 0.707. The third kappa shape index (κ3) is 3.65. The van der Waals surface area contributed by atoms with Crippen molar-refractivity contribution >= 4 is 28.9 Å². The van der Waals surface area contributed by atoms with E-state index in [0.717, 1.165) is 16.9 Å². The van der Waals surface area contributed by atoms with E-state index in [1.165, 1.54) is 0 Å². The van der Waals surface area contributed by atoms with E-state index < -0.39 is 0 Å². The summed E-state index contributed by atoms with van der Waals surface area (Å²) in [6.07, 6.45) is 1.15. The number of hydrogen-bond donors (Lipinski definition) is 3. The minimum absolute atomic E-state index is 0.00539. The first-order valence-electron chi connectivity index (χ1n) is 7.12. The molecular formula is C15H22N4O2. The maximum absolute atomic E-state index is 11.4. The van der Waals surface area contributed by atoms with Gasteiger partial charge in [0.15, 0.2) is 0 Å². The lowest BCUT2D eigenvalue weighted by Crippen LogP contribution is -2.37. The topological polar surface area (TPSA) is 101 Å². The first-order chi connectivity index (χ1) is 9.86. The van der Waals surface area contributed by atoms with E-state index in [0.29, 0.717) is 31.0 Å². The van der Waals surface area contributed by atoms with Crippen LogP contribution in [0.3, 0.4) is 0 Å². The number of amides is 2. The molecule has 0 saturated carbocycles. The standard InChI is InChI=1S/C15H22N4O2/c1-9(2)7-19(8-14(17)20)13-5-10-3-4-15(21)18-12(10)6-11(13)16/h5-6,9H,3-4,7-8,16H2,1-2H3,(H2,17,20)(H,18,21). The van der Waals surface area contributed by atoms with Gasteiger partial charge in [-0.3, -0.25) is 9.59 Å². The maximum Gasteiger partial charge on any atom is 0.236 e. The summed E-state index contributed by atoms with van der Waals surface area (Å²) in [6.45, 7) is 4.97. The molecule has 1 aromatic carbocycles. The summed E-state index contributed by atoms with van der Waals surface area (Å²) in [7, 11) is 0. The van der Waals surface area contributed by atoms with Crippen LogP contribution in [0.2, 0.25) is 0 Å². The number of rotatable bonds is 5. The number of fused-ring (bicyclic) bond motifs is 1. The first kappa shape index (κ1) is 15.2. The summed E-state index contributed by atoms with van der Waals surface area (Å²) >= 11 is 0. The highest BCUT2D eigenvalue weighted by atomic mass is 16.2. The van der Waals surface area contributed by atoms with Crippen LogP contribution in [0.5, 0.6) is 0 Å². The fraction of sp³-hybridized carbons (Fsp3) is 0.467. The maximum atomic E-state index is 11.4. The van der Waals surface area contributed by atoms with E-state index in [-0.39, 0.29) is 18.4 Å². The van der Waals surface area contributed by atoms with Crippen molar-refractivity contribution < 1.29 is 9.59 Å². The number of benzene rings is 1. The molecule has 114 valence electrons. The summed E-state index contributed by atoms with van der Waals surface area (Å²) in [6, 6.07) is 3.71. The zero-order chi connectivity index (χ0) is 15.6. The molecule has 6 nitrogen and oxygen atoms in total. The Kier molecular flexibility index (Phi) is 4.35. The van der Waals surface area contributed by atoms with E-state index in [1.807, 2.05) is 11.0 Å². The molecule has 0 bridgehead atoms. The van der Waals surface area contributed by atoms with Crippen LogP contribution >= 0.6 is 0 Å². The minimum Gasteiger partial charge on any atom is -0.397 e. The molecule has 1 aliphatic heterocycles. The molecule has 1 aromatic rings. The zero-order valence-corrected chi connectivity index (χ0v) is 12.5. The van der Waals surface area contributed by atoms with Gasteiger partial charge in [-0.15, -0.1) is 0 Å². The van der Waals surface area contributed by atoms with Gasteiger partial charge in [0.2, 0.25) is 11.8 Å². The average molecular weight is 290 g/mol. The van der Waals surface area contributed by atoms with Crippen molar-refractivity contribution in [1.29, 1.82) is 0 Å². The number of anilines is 3. The van der Waals surface area contributed by atoms with E-state index in [4.69, 9.17) is 11.5 Å². The van der Waals surface area contributed by atoms with Gasteiger partial charge in [-0.05, 0) is 30.0 Å². The van der Waals surface area contributed by atoms with Crippen LogP contribution in [0, 0.1) is 5.92 Å². The molecule has 5 N–H and O–H groups in total. The molecule has 2 amide bonds. The van der Waals surface area contributed by atoms with Crippen LogP contribution in [0.4, 0.5) is 17.1 Å². The smallest absolute Gasteiger partial charge is 0.236 e. The number of carbonyl (C=O) groups excluding carboxylic acids is 2. The number of nitrogens with zero attached hydrogens (tertiary/aromatic N) is 1. The highest BCUT2D eigenvalue weighted by molar-refractivity contribution is 5.96. The summed E-state index contributed by atoms with van der Waals surface area (Å²) in [5, 5.41) is 2.82. The Morgan fingerprint density at radius 2 is 2.10 bits per heavy atom. The molecule has 0 aliphatic carbocycles. The highest BCUT2D eigenvalue weighted by Crippen LogP contribution is 2.33. The van der Waals surface area contributed by atoms with Crippen LogP contribution in [0.1, 0.15) is 25.8 Å². The molecule has 0 saturated heterocycles. The molecule has 0 spiro atoms. The van der Waals surface area contributed by atoms with Crippen molar-refractivity contribution in [3.05, 3.63) is 17.7 Å². The summed E-state index contributed by atoms with van der Waals surface area (Å²) < 4.78 is 0. The van der Waals surface area contributed by atoms with Crippen molar-refractivity contribution in [2.45, 2.75) is 26.7 Å². The Hall–Kier alpha value is -2.24. The second-order valence-corrected chi connectivity index (χ2v) is 5.86. The Morgan fingerprint density at radius 3 is 2.71 bits per heavy atom. The highest BCUT2D eigenvalue weighted by Gasteiger charge is 2.20. The number of primary amides is 1. The molecular weight excluding hydrogens is 268 g/mol. The summed E-state index contributed by atoms with van der Waals surface area (Å²) in [5.41, 5.74) is 14.6. The van der Waals surface area contributed by atoms with E-state index >= 15 is 0 Å². The Labute approximate surface area is 124 Å². The molecule has 0 fully saturated rings. The van der Waals surface area contributed by atoms with Crippen molar-refractivity contribution in [2.24, 2.45) is 11.7 Å². The Bertz CT molecular complexity index is 569. The molecule has 0 radical (unpaired) electrons. The molecule has 6 heteroatoms. The number of hydrogen-bond acceptors (Lipinski definition) is 4. The van der Waals surface area contributed by atoms with Crippen LogP contribution in [0.15, 0.2) is 12.1 Å². The Morgan fingerprint density at radius 1 is 1.38 bits per heavy atom. The monoisotopic (exact) mass is 290 g/mol. The second-order valence-electron chi connectivity index (χ2n) is 5.86. The number of aryl methyl sites for hydroxylation is 1. The lowest BCUT2D eigenvalue weighted by Gasteiger charge is -2.28. The average Bonchev–Trinajstić information content (AvgIpc) is 2.35. The minimum atomic E-state index is -0.388.